The van der Waals surface area contributed by atoms with Gasteiger partial charge in [-0.1, -0.05) is 63.8 Å². The maximum absolute atomic E-state index is 12.5. The summed E-state index contributed by atoms with van der Waals surface area (Å²) in [5.74, 6) is -0.324. The van der Waals surface area contributed by atoms with Gasteiger partial charge in [0, 0.05) is 11.3 Å². The van der Waals surface area contributed by atoms with Gasteiger partial charge < -0.3 is 8.92 Å². The van der Waals surface area contributed by atoms with Gasteiger partial charge in [0.15, 0.2) is 0 Å². The number of alkyl halides is 3. The van der Waals surface area contributed by atoms with Gasteiger partial charge in [-0.3, -0.25) is 0 Å². The Morgan fingerprint density at radius 3 is 2.24 bits per heavy atom. The van der Waals surface area contributed by atoms with E-state index in [-0.39, 0.29) is 18.1 Å². The van der Waals surface area contributed by atoms with E-state index in [9.17, 15) is 26.4 Å². The highest BCUT2D eigenvalue weighted by Crippen LogP contribution is 2.38. The number of carbonyl (C=O) groups excluding carboxylic acids is 1. The third-order valence-electron chi connectivity index (χ3n) is 5.83. The number of halogens is 3. The van der Waals surface area contributed by atoms with E-state index in [1.54, 1.807) is 0 Å². The van der Waals surface area contributed by atoms with Gasteiger partial charge in [-0.05, 0) is 60.9 Å². The van der Waals surface area contributed by atoms with Gasteiger partial charge in [0.25, 0.3) is 0 Å². The van der Waals surface area contributed by atoms with E-state index in [4.69, 9.17) is 0 Å². The van der Waals surface area contributed by atoms with Crippen LogP contribution in [0, 0.1) is 0 Å². The predicted molar refractivity (Wildman–Crippen MR) is 141 cm³/mol. The Bertz CT molecular complexity index is 1130. The molecule has 3 rings (SSSR count). The second kappa shape index (κ2) is 14.6. The molecule has 0 radical (unpaired) electrons. The molecule has 5 nitrogen and oxygen atoms in total. The predicted octanol–water partition coefficient (Wildman–Crippen LogP) is 8.06. The molecule has 0 bridgehead atoms. The molecular weight excluding hydrogens is 525 g/mol. The smallest absolute Gasteiger partial charge is 0.465 e. The van der Waals surface area contributed by atoms with Crippen molar-refractivity contribution >= 4 is 33.0 Å². The number of rotatable bonds is 11. The highest BCUT2D eigenvalue weighted by Gasteiger charge is 2.49. The van der Waals surface area contributed by atoms with E-state index < -0.39 is 15.6 Å². The molecule has 0 atom stereocenters. The zero-order valence-electron chi connectivity index (χ0n) is 21.5. The van der Waals surface area contributed by atoms with Gasteiger partial charge in [0.05, 0.1) is 7.11 Å². The van der Waals surface area contributed by atoms with Crippen LogP contribution in [0.5, 0.6) is 0 Å². The van der Waals surface area contributed by atoms with Gasteiger partial charge in [-0.2, -0.15) is 21.6 Å². The molecule has 1 aliphatic carbocycles. The molecule has 0 N–H and O–H groups in total. The number of methoxy groups -OCH3 is 1. The Hall–Kier alpha value is -2.33. The summed E-state index contributed by atoms with van der Waals surface area (Å²) >= 11 is 1.52. The van der Waals surface area contributed by atoms with Crippen LogP contribution in [0.3, 0.4) is 0 Å². The first-order chi connectivity index (χ1) is 17.5. The van der Waals surface area contributed by atoms with Crippen molar-refractivity contribution in [2.24, 2.45) is 0 Å². The molecule has 0 amide bonds. The van der Waals surface area contributed by atoms with Crippen molar-refractivity contribution in [1.82, 2.24) is 0 Å². The summed E-state index contributed by atoms with van der Waals surface area (Å²) < 4.78 is 69.0. The first kappa shape index (κ1) is 30.9. The van der Waals surface area contributed by atoms with E-state index in [1.165, 1.54) is 48.1 Å². The molecule has 1 heterocycles. The fraction of sp³-hybridized carbons (Fsp3) is 0.519. The molecular formula is C27H35F3O5S2. The number of unbranched alkanes of at least 4 members (excludes halogenated alkanes) is 3. The number of hydrogen-bond donors (Lipinski definition) is 0. The third kappa shape index (κ3) is 9.48. The monoisotopic (exact) mass is 560 g/mol. The Balaban J connectivity index is 0.000000335. The Kier molecular flexibility index (Phi) is 12.2. The second-order valence-corrected chi connectivity index (χ2v) is 11.5. The SMILES string of the molecule is CCCCCCc1ccc(C2=C(OS(=O)(=O)C(F)(F)F)CCC2)cc1.CCCc1ccc(C(=O)OC)s1. The number of esters is 1. The third-order valence-corrected chi connectivity index (χ3v) is 7.94. The largest absolute Gasteiger partial charge is 0.534 e. The molecule has 0 unspecified atom stereocenters. The van der Waals surface area contributed by atoms with Crippen LogP contribution in [0.15, 0.2) is 42.2 Å². The molecule has 2 aromatic rings. The Morgan fingerprint density at radius 2 is 1.65 bits per heavy atom. The first-order valence-corrected chi connectivity index (χ1v) is 14.7. The highest BCUT2D eigenvalue weighted by atomic mass is 32.2. The van der Waals surface area contributed by atoms with Crippen molar-refractivity contribution in [2.75, 3.05) is 7.11 Å². The fourth-order valence-electron chi connectivity index (χ4n) is 3.89. The highest BCUT2D eigenvalue weighted by molar-refractivity contribution is 7.87. The maximum atomic E-state index is 12.5. The van der Waals surface area contributed by atoms with Crippen LogP contribution in [-0.4, -0.2) is 27.0 Å². The molecule has 0 saturated carbocycles. The van der Waals surface area contributed by atoms with Crippen molar-refractivity contribution in [2.45, 2.75) is 83.6 Å². The number of thiophene rings is 1. The van der Waals surface area contributed by atoms with Crippen molar-refractivity contribution in [3.63, 3.8) is 0 Å². The van der Waals surface area contributed by atoms with E-state index in [2.05, 4.69) is 22.8 Å². The summed E-state index contributed by atoms with van der Waals surface area (Å²) in [6.07, 6.45) is 9.08. The second-order valence-electron chi connectivity index (χ2n) is 8.75. The quantitative estimate of drug-likeness (QED) is 0.120. The van der Waals surface area contributed by atoms with Crippen molar-refractivity contribution in [3.05, 3.63) is 63.0 Å². The van der Waals surface area contributed by atoms with Crippen LogP contribution in [-0.2, 0) is 31.9 Å². The molecule has 1 aliphatic rings. The summed E-state index contributed by atoms with van der Waals surface area (Å²) in [5, 5.41) is 0. The summed E-state index contributed by atoms with van der Waals surface area (Å²) in [7, 11) is -4.20. The minimum Gasteiger partial charge on any atom is -0.465 e. The average Bonchev–Trinajstić information content (AvgIpc) is 3.51. The number of aryl methyl sites for hydroxylation is 2. The van der Waals surface area contributed by atoms with Gasteiger partial charge in [-0.25, -0.2) is 4.79 Å². The Morgan fingerprint density at radius 1 is 0.946 bits per heavy atom. The van der Waals surface area contributed by atoms with Gasteiger partial charge in [0.2, 0.25) is 0 Å². The van der Waals surface area contributed by atoms with Crippen LogP contribution in [0.1, 0.15) is 90.9 Å². The van der Waals surface area contributed by atoms with Crippen LogP contribution >= 0.6 is 11.3 Å². The number of hydrogen-bond acceptors (Lipinski definition) is 6. The number of allylic oxidation sites excluding steroid dienone is 2. The molecule has 0 fully saturated rings. The van der Waals surface area contributed by atoms with Crippen molar-refractivity contribution < 1.29 is 35.3 Å². The molecule has 1 aromatic carbocycles. The first-order valence-electron chi connectivity index (χ1n) is 12.5. The molecule has 37 heavy (non-hydrogen) atoms. The van der Waals surface area contributed by atoms with Crippen LogP contribution in [0.2, 0.25) is 0 Å². The van der Waals surface area contributed by atoms with E-state index in [0.29, 0.717) is 23.3 Å². The fourth-order valence-corrected chi connectivity index (χ4v) is 5.46. The lowest BCUT2D eigenvalue weighted by atomic mass is 10.0. The van der Waals surface area contributed by atoms with Crippen molar-refractivity contribution in [1.29, 1.82) is 0 Å². The summed E-state index contributed by atoms with van der Waals surface area (Å²) in [6.45, 7) is 4.28. The minimum absolute atomic E-state index is 0.0898. The lowest BCUT2D eigenvalue weighted by Crippen LogP contribution is -2.25. The normalized spacial score (nSPS) is 13.8. The maximum Gasteiger partial charge on any atom is 0.534 e. The standard InChI is InChI=1S/C18H23F3O3S.C9H12O2S/c1-2-3-4-5-7-14-10-12-15(13-11-14)16-8-6-9-17(16)24-25(22,23)18(19,20)21;1-3-4-7-5-6-8(12-7)9(10)11-2/h10-13H,2-9H2,1H3;5-6H,3-4H2,1-2H3. The lowest BCUT2D eigenvalue weighted by Gasteiger charge is -2.12. The topological polar surface area (TPSA) is 69.7 Å². The summed E-state index contributed by atoms with van der Waals surface area (Å²) in [5.41, 5.74) is -2.97. The van der Waals surface area contributed by atoms with E-state index in [0.717, 1.165) is 31.2 Å². The Labute approximate surface area is 221 Å². The molecule has 0 aliphatic heterocycles. The summed E-state index contributed by atoms with van der Waals surface area (Å²) in [4.78, 5) is 13.0. The van der Waals surface area contributed by atoms with Gasteiger partial charge in [-0.15, -0.1) is 11.3 Å². The lowest BCUT2D eigenvalue weighted by molar-refractivity contribution is -0.0522. The number of benzene rings is 1. The zero-order chi connectivity index (χ0) is 27.5. The van der Waals surface area contributed by atoms with Crippen molar-refractivity contribution in [3.8, 4) is 0 Å². The molecule has 206 valence electrons. The van der Waals surface area contributed by atoms with Crippen LogP contribution in [0.25, 0.3) is 5.57 Å². The number of carbonyl (C=O) groups is 1. The minimum atomic E-state index is -5.61. The van der Waals surface area contributed by atoms with Crippen LogP contribution in [0.4, 0.5) is 13.2 Å². The van der Waals surface area contributed by atoms with Gasteiger partial charge in [0.1, 0.15) is 10.6 Å². The summed E-state index contributed by atoms with van der Waals surface area (Å²) in [6, 6.07) is 11.4. The van der Waals surface area contributed by atoms with E-state index >= 15 is 0 Å². The zero-order valence-corrected chi connectivity index (χ0v) is 23.2. The number of ether oxygens (including phenoxy) is 1. The van der Waals surface area contributed by atoms with E-state index in [1.807, 2.05) is 36.4 Å². The molecule has 10 heteroatoms. The molecule has 0 saturated heterocycles. The molecule has 1 aromatic heterocycles. The van der Waals surface area contributed by atoms with Crippen LogP contribution < -0.4 is 0 Å². The average molecular weight is 561 g/mol. The van der Waals surface area contributed by atoms with Gasteiger partial charge >= 0.3 is 21.6 Å². The molecule has 0 spiro atoms.